The van der Waals surface area contributed by atoms with Crippen molar-refractivity contribution in [2.75, 3.05) is 19.5 Å². The molecule has 138 valence electrons. The summed E-state index contributed by atoms with van der Waals surface area (Å²) in [6, 6.07) is 25.5. The Kier molecular flexibility index (Phi) is 6.10. The van der Waals surface area contributed by atoms with Gasteiger partial charge in [-0.2, -0.15) is 0 Å². The fourth-order valence-electron chi connectivity index (χ4n) is 3.09. The van der Waals surface area contributed by atoms with Crippen molar-refractivity contribution in [3.63, 3.8) is 0 Å². The lowest BCUT2D eigenvalue weighted by Gasteiger charge is -2.18. The molecule has 3 aromatic rings. The van der Waals surface area contributed by atoms with Crippen molar-refractivity contribution in [3.05, 3.63) is 90.0 Å². The predicted molar refractivity (Wildman–Crippen MR) is 108 cm³/mol. The Hall–Kier alpha value is -3.27. The fourth-order valence-corrected chi connectivity index (χ4v) is 3.09. The molecule has 0 aliphatic heterocycles. The van der Waals surface area contributed by atoms with E-state index in [1.54, 1.807) is 32.4 Å². The first-order valence-corrected chi connectivity index (χ1v) is 8.83. The third-order valence-corrected chi connectivity index (χ3v) is 4.48. The number of rotatable bonds is 7. The second kappa shape index (κ2) is 8.90. The zero-order chi connectivity index (χ0) is 19.1. The lowest BCUT2D eigenvalue weighted by molar-refractivity contribution is -0.116. The maximum absolute atomic E-state index is 12.8. The molecule has 0 bridgehead atoms. The number of carbonyl (C=O) groups is 1. The van der Waals surface area contributed by atoms with Gasteiger partial charge < -0.3 is 14.8 Å². The van der Waals surface area contributed by atoms with Gasteiger partial charge in [0.05, 0.1) is 19.9 Å². The average Bonchev–Trinajstić information content (AvgIpc) is 2.73. The Morgan fingerprint density at radius 1 is 0.852 bits per heavy atom. The second-order valence-electron chi connectivity index (χ2n) is 6.19. The van der Waals surface area contributed by atoms with E-state index in [-0.39, 0.29) is 11.8 Å². The molecule has 4 heteroatoms. The topological polar surface area (TPSA) is 47.6 Å². The van der Waals surface area contributed by atoms with Gasteiger partial charge >= 0.3 is 0 Å². The largest absolute Gasteiger partial charge is 0.497 e. The fraction of sp³-hybridized carbons (Fsp3) is 0.174. The molecule has 0 radical (unpaired) electrons. The van der Waals surface area contributed by atoms with Crippen LogP contribution in [0.15, 0.2) is 78.9 Å². The van der Waals surface area contributed by atoms with E-state index in [4.69, 9.17) is 9.47 Å². The third kappa shape index (κ3) is 4.67. The molecule has 0 atom stereocenters. The van der Waals surface area contributed by atoms with E-state index in [9.17, 15) is 4.79 Å². The van der Waals surface area contributed by atoms with Gasteiger partial charge in [-0.3, -0.25) is 4.79 Å². The molecule has 0 saturated carbocycles. The van der Waals surface area contributed by atoms with Crippen LogP contribution in [0.5, 0.6) is 11.5 Å². The van der Waals surface area contributed by atoms with E-state index in [1.165, 1.54) is 0 Å². The summed E-state index contributed by atoms with van der Waals surface area (Å²) in [6.45, 7) is 0. The number of ether oxygens (including phenoxy) is 2. The Labute approximate surface area is 159 Å². The summed E-state index contributed by atoms with van der Waals surface area (Å²) >= 11 is 0. The lowest BCUT2D eigenvalue weighted by Crippen LogP contribution is -2.17. The van der Waals surface area contributed by atoms with Crippen LogP contribution in [0.2, 0.25) is 0 Å². The van der Waals surface area contributed by atoms with Crippen LogP contribution in [0, 0.1) is 0 Å². The monoisotopic (exact) mass is 361 g/mol. The Bertz CT molecular complexity index is 839. The van der Waals surface area contributed by atoms with Crippen LogP contribution in [0.25, 0.3) is 0 Å². The summed E-state index contributed by atoms with van der Waals surface area (Å²) in [6.07, 6.45) is 0.337. The SMILES string of the molecule is COc1ccc(NC(=O)CC(c2ccccc2)c2ccccc2)c(OC)c1. The number of hydrogen-bond acceptors (Lipinski definition) is 3. The summed E-state index contributed by atoms with van der Waals surface area (Å²) in [4.78, 5) is 12.8. The van der Waals surface area contributed by atoms with Gasteiger partial charge in [0, 0.05) is 18.4 Å². The predicted octanol–water partition coefficient (Wildman–Crippen LogP) is 4.86. The molecular weight excluding hydrogens is 338 g/mol. The number of carbonyl (C=O) groups excluding carboxylic acids is 1. The van der Waals surface area contributed by atoms with E-state index in [2.05, 4.69) is 29.6 Å². The number of amides is 1. The number of anilines is 1. The minimum atomic E-state index is -0.0730. The van der Waals surface area contributed by atoms with E-state index >= 15 is 0 Å². The van der Waals surface area contributed by atoms with E-state index in [0.717, 1.165) is 11.1 Å². The first-order valence-electron chi connectivity index (χ1n) is 8.83. The molecule has 1 N–H and O–H groups in total. The van der Waals surface area contributed by atoms with Crippen LogP contribution in [-0.4, -0.2) is 20.1 Å². The summed E-state index contributed by atoms with van der Waals surface area (Å²) in [5.41, 5.74) is 2.85. The molecule has 1 amide bonds. The molecule has 0 aromatic heterocycles. The molecule has 4 nitrogen and oxygen atoms in total. The van der Waals surface area contributed by atoms with E-state index in [0.29, 0.717) is 23.6 Å². The molecule has 3 rings (SSSR count). The van der Waals surface area contributed by atoms with Crippen molar-refractivity contribution in [1.29, 1.82) is 0 Å². The van der Waals surface area contributed by atoms with Crippen molar-refractivity contribution in [1.82, 2.24) is 0 Å². The summed E-state index contributed by atoms with van der Waals surface area (Å²) < 4.78 is 10.6. The van der Waals surface area contributed by atoms with Gasteiger partial charge in [-0.05, 0) is 23.3 Å². The summed E-state index contributed by atoms with van der Waals surface area (Å²) in [5, 5.41) is 2.96. The van der Waals surface area contributed by atoms with Gasteiger partial charge in [-0.15, -0.1) is 0 Å². The highest BCUT2D eigenvalue weighted by atomic mass is 16.5. The molecule has 27 heavy (non-hydrogen) atoms. The molecule has 0 heterocycles. The van der Waals surface area contributed by atoms with Crippen molar-refractivity contribution in [2.24, 2.45) is 0 Å². The third-order valence-electron chi connectivity index (χ3n) is 4.48. The van der Waals surface area contributed by atoms with Gasteiger partial charge in [0.15, 0.2) is 0 Å². The highest BCUT2D eigenvalue weighted by molar-refractivity contribution is 5.93. The van der Waals surface area contributed by atoms with Crippen LogP contribution < -0.4 is 14.8 Å². The molecule has 3 aromatic carbocycles. The highest BCUT2D eigenvalue weighted by Gasteiger charge is 2.19. The molecule has 0 saturated heterocycles. The Morgan fingerprint density at radius 2 is 1.44 bits per heavy atom. The van der Waals surface area contributed by atoms with Crippen molar-refractivity contribution in [2.45, 2.75) is 12.3 Å². The van der Waals surface area contributed by atoms with Crippen molar-refractivity contribution in [3.8, 4) is 11.5 Å². The first-order chi connectivity index (χ1) is 13.2. The zero-order valence-corrected chi connectivity index (χ0v) is 15.5. The molecule has 0 unspecified atom stereocenters. The molecular formula is C23H23NO3. The Balaban J connectivity index is 1.81. The van der Waals surface area contributed by atoms with Gasteiger partial charge in [0.1, 0.15) is 11.5 Å². The number of benzene rings is 3. The smallest absolute Gasteiger partial charge is 0.225 e. The van der Waals surface area contributed by atoms with Gasteiger partial charge in [0.25, 0.3) is 0 Å². The van der Waals surface area contributed by atoms with Crippen LogP contribution in [0.1, 0.15) is 23.5 Å². The van der Waals surface area contributed by atoms with Crippen LogP contribution in [-0.2, 0) is 4.79 Å². The minimum absolute atomic E-state index is 0.0170. The molecule has 0 fully saturated rings. The number of methoxy groups -OCH3 is 2. The minimum Gasteiger partial charge on any atom is -0.497 e. The number of nitrogens with one attached hydrogen (secondary N) is 1. The van der Waals surface area contributed by atoms with E-state index in [1.807, 2.05) is 36.4 Å². The normalized spacial score (nSPS) is 10.5. The zero-order valence-electron chi connectivity index (χ0n) is 15.5. The van der Waals surface area contributed by atoms with Gasteiger partial charge in [0.2, 0.25) is 5.91 Å². The van der Waals surface area contributed by atoms with E-state index < -0.39 is 0 Å². The van der Waals surface area contributed by atoms with Gasteiger partial charge in [-0.25, -0.2) is 0 Å². The lowest BCUT2D eigenvalue weighted by atomic mass is 9.88. The number of hydrogen-bond donors (Lipinski definition) is 1. The summed E-state index contributed by atoms with van der Waals surface area (Å²) in [7, 11) is 3.17. The summed E-state index contributed by atoms with van der Waals surface area (Å²) in [5.74, 6) is 1.16. The average molecular weight is 361 g/mol. The molecule has 0 aliphatic carbocycles. The van der Waals surface area contributed by atoms with Crippen LogP contribution in [0.4, 0.5) is 5.69 Å². The molecule has 0 aliphatic rings. The maximum atomic E-state index is 12.8. The van der Waals surface area contributed by atoms with Crippen LogP contribution >= 0.6 is 0 Å². The maximum Gasteiger partial charge on any atom is 0.225 e. The van der Waals surface area contributed by atoms with Crippen LogP contribution in [0.3, 0.4) is 0 Å². The highest BCUT2D eigenvalue weighted by Crippen LogP contribution is 2.31. The molecule has 0 spiro atoms. The standard InChI is InChI=1S/C23H23NO3/c1-26-19-13-14-21(22(15-19)27-2)24-23(25)16-20(17-9-5-3-6-10-17)18-11-7-4-8-12-18/h3-15,20H,16H2,1-2H3,(H,24,25). The van der Waals surface area contributed by atoms with Gasteiger partial charge in [-0.1, -0.05) is 60.7 Å². The van der Waals surface area contributed by atoms with Crippen molar-refractivity contribution >= 4 is 11.6 Å². The Morgan fingerprint density at radius 3 is 1.96 bits per heavy atom. The quantitative estimate of drug-likeness (QED) is 0.653. The van der Waals surface area contributed by atoms with Crippen molar-refractivity contribution < 1.29 is 14.3 Å². The second-order valence-corrected chi connectivity index (χ2v) is 6.19. The first kappa shape index (κ1) is 18.5.